The maximum absolute atomic E-state index is 11.4. The van der Waals surface area contributed by atoms with E-state index in [0.29, 0.717) is 25.1 Å². The lowest BCUT2D eigenvalue weighted by Crippen LogP contribution is -2.34. The Bertz CT molecular complexity index is 502. The minimum Gasteiger partial charge on any atom is -0.506 e. The number of benzene rings is 1. The van der Waals surface area contributed by atoms with E-state index in [1.807, 2.05) is 0 Å². The molecular formula is C11H14ClN5O2. The molecule has 1 rings (SSSR count). The van der Waals surface area contributed by atoms with Gasteiger partial charge in [-0.25, -0.2) is 0 Å². The monoisotopic (exact) mass is 283 g/mol. The number of halogens is 1. The minimum atomic E-state index is -0.704. The zero-order chi connectivity index (χ0) is 14.3. The van der Waals surface area contributed by atoms with Crippen molar-refractivity contribution in [3.05, 3.63) is 39.2 Å². The van der Waals surface area contributed by atoms with Gasteiger partial charge in [0.15, 0.2) is 0 Å². The standard InChI is InChI=1S/C11H14ClN5O2/c12-8-6-7(2-3-9(8)18)10(11(13)19)15-4-1-5-16-17-14/h2-3,6,10,15,18H,1,4-5H2,(H2,13,19). The number of amides is 1. The van der Waals surface area contributed by atoms with Crippen LogP contribution in [0.5, 0.6) is 5.75 Å². The molecule has 8 heteroatoms. The minimum absolute atomic E-state index is 0.0583. The number of azide groups is 1. The Hall–Kier alpha value is -1.95. The van der Waals surface area contributed by atoms with Crippen LogP contribution in [0, 0.1) is 0 Å². The fourth-order valence-corrected chi connectivity index (χ4v) is 1.72. The van der Waals surface area contributed by atoms with E-state index in [1.54, 1.807) is 6.07 Å². The SMILES string of the molecule is [N-]=[N+]=NCCCNC(C(N)=O)c1ccc(O)c(Cl)c1. The lowest BCUT2D eigenvalue weighted by molar-refractivity contribution is -0.120. The molecule has 1 amide bonds. The molecule has 19 heavy (non-hydrogen) atoms. The van der Waals surface area contributed by atoms with Gasteiger partial charge in [0.2, 0.25) is 5.91 Å². The van der Waals surface area contributed by atoms with Crippen LogP contribution in [0.3, 0.4) is 0 Å². The molecule has 102 valence electrons. The Morgan fingerprint density at radius 3 is 2.95 bits per heavy atom. The number of aromatic hydroxyl groups is 1. The highest BCUT2D eigenvalue weighted by Gasteiger charge is 2.17. The first-order chi connectivity index (χ1) is 9.06. The summed E-state index contributed by atoms with van der Waals surface area (Å²) in [7, 11) is 0. The molecule has 0 aliphatic carbocycles. The Morgan fingerprint density at radius 1 is 1.63 bits per heavy atom. The van der Waals surface area contributed by atoms with Crippen LogP contribution in [0.1, 0.15) is 18.0 Å². The van der Waals surface area contributed by atoms with Crippen LogP contribution < -0.4 is 11.1 Å². The molecule has 0 saturated carbocycles. The second-order valence-electron chi connectivity index (χ2n) is 3.81. The highest BCUT2D eigenvalue weighted by atomic mass is 35.5. The maximum Gasteiger partial charge on any atom is 0.239 e. The fourth-order valence-electron chi connectivity index (χ4n) is 1.53. The molecular weight excluding hydrogens is 270 g/mol. The van der Waals surface area contributed by atoms with Crippen LogP contribution in [-0.4, -0.2) is 24.1 Å². The normalized spacial score (nSPS) is 11.6. The Labute approximate surface area is 115 Å². The van der Waals surface area contributed by atoms with Crippen LogP contribution in [0.4, 0.5) is 0 Å². The van der Waals surface area contributed by atoms with Crippen molar-refractivity contribution in [3.8, 4) is 5.75 Å². The molecule has 0 radical (unpaired) electrons. The van der Waals surface area contributed by atoms with E-state index in [0.717, 1.165) is 0 Å². The molecule has 0 aromatic heterocycles. The van der Waals surface area contributed by atoms with Crippen LogP contribution >= 0.6 is 11.6 Å². The van der Waals surface area contributed by atoms with Crippen molar-refractivity contribution in [1.29, 1.82) is 0 Å². The first kappa shape index (κ1) is 15.1. The van der Waals surface area contributed by atoms with Gasteiger partial charge in [0.25, 0.3) is 0 Å². The molecule has 0 saturated heterocycles. The molecule has 0 aliphatic heterocycles. The van der Waals surface area contributed by atoms with E-state index in [9.17, 15) is 9.90 Å². The van der Waals surface area contributed by atoms with Crippen molar-refractivity contribution in [2.45, 2.75) is 12.5 Å². The van der Waals surface area contributed by atoms with Crippen molar-refractivity contribution in [1.82, 2.24) is 5.32 Å². The number of phenols is 1. The van der Waals surface area contributed by atoms with E-state index < -0.39 is 11.9 Å². The number of hydrogen-bond acceptors (Lipinski definition) is 4. The predicted molar refractivity (Wildman–Crippen MR) is 71.7 cm³/mol. The summed E-state index contributed by atoms with van der Waals surface area (Å²) in [5, 5.41) is 15.8. The number of hydrogen-bond donors (Lipinski definition) is 3. The smallest absolute Gasteiger partial charge is 0.239 e. The number of phenolic OH excluding ortho intramolecular Hbond substituents is 1. The summed E-state index contributed by atoms with van der Waals surface area (Å²) < 4.78 is 0. The molecule has 0 spiro atoms. The number of carbonyl (C=O) groups is 1. The topological polar surface area (TPSA) is 124 Å². The Balaban J connectivity index is 2.69. The second-order valence-corrected chi connectivity index (χ2v) is 4.22. The van der Waals surface area contributed by atoms with Gasteiger partial charge in [-0.3, -0.25) is 4.79 Å². The number of primary amides is 1. The van der Waals surface area contributed by atoms with Crippen molar-refractivity contribution in [2.24, 2.45) is 10.8 Å². The highest BCUT2D eigenvalue weighted by molar-refractivity contribution is 6.32. The lowest BCUT2D eigenvalue weighted by Gasteiger charge is -2.16. The molecule has 0 bridgehead atoms. The fraction of sp³-hybridized carbons (Fsp3) is 0.364. The molecule has 4 N–H and O–H groups in total. The molecule has 0 fully saturated rings. The van der Waals surface area contributed by atoms with Gasteiger partial charge in [-0.2, -0.15) is 0 Å². The van der Waals surface area contributed by atoms with Crippen LogP contribution in [0.2, 0.25) is 5.02 Å². The second kappa shape index (κ2) is 7.48. The van der Waals surface area contributed by atoms with Crippen molar-refractivity contribution >= 4 is 17.5 Å². The maximum atomic E-state index is 11.4. The van der Waals surface area contributed by atoms with Crippen LogP contribution in [0.25, 0.3) is 10.4 Å². The van der Waals surface area contributed by atoms with Gasteiger partial charge in [0.05, 0.1) is 5.02 Å². The summed E-state index contributed by atoms with van der Waals surface area (Å²) in [6, 6.07) is 3.74. The van der Waals surface area contributed by atoms with E-state index >= 15 is 0 Å². The molecule has 1 aromatic carbocycles. The van der Waals surface area contributed by atoms with E-state index in [2.05, 4.69) is 15.3 Å². The predicted octanol–water partition coefficient (Wildman–Crippen LogP) is 1.86. The van der Waals surface area contributed by atoms with Crippen molar-refractivity contribution in [3.63, 3.8) is 0 Å². The average molecular weight is 284 g/mol. The van der Waals surface area contributed by atoms with Crippen molar-refractivity contribution < 1.29 is 9.90 Å². The number of rotatable bonds is 7. The van der Waals surface area contributed by atoms with Gasteiger partial charge < -0.3 is 16.2 Å². The highest BCUT2D eigenvalue weighted by Crippen LogP contribution is 2.26. The van der Waals surface area contributed by atoms with Gasteiger partial charge in [0.1, 0.15) is 11.8 Å². The third-order valence-electron chi connectivity index (χ3n) is 2.44. The van der Waals surface area contributed by atoms with Gasteiger partial charge in [-0.1, -0.05) is 22.8 Å². The van der Waals surface area contributed by atoms with Gasteiger partial charge in [-0.05, 0) is 36.2 Å². The van der Waals surface area contributed by atoms with Crippen LogP contribution in [0.15, 0.2) is 23.3 Å². The lowest BCUT2D eigenvalue weighted by atomic mass is 10.1. The summed E-state index contributed by atoms with van der Waals surface area (Å²) in [5.74, 6) is -0.609. The largest absolute Gasteiger partial charge is 0.506 e. The van der Waals surface area contributed by atoms with Gasteiger partial charge in [0, 0.05) is 11.5 Å². The van der Waals surface area contributed by atoms with E-state index in [4.69, 9.17) is 22.9 Å². The summed E-state index contributed by atoms with van der Waals surface area (Å²) in [5.41, 5.74) is 14.0. The average Bonchev–Trinajstić information content (AvgIpc) is 2.37. The van der Waals surface area contributed by atoms with Crippen molar-refractivity contribution in [2.75, 3.05) is 13.1 Å². The molecule has 1 aromatic rings. The first-order valence-corrected chi connectivity index (χ1v) is 5.96. The summed E-state index contributed by atoms with van der Waals surface area (Å²) in [6.45, 7) is 0.802. The third-order valence-corrected chi connectivity index (χ3v) is 2.74. The summed E-state index contributed by atoms with van der Waals surface area (Å²) in [4.78, 5) is 14.0. The zero-order valence-corrected chi connectivity index (χ0v) is 10.8. The molecule has 0 heterocycles. The molecule has 7 nitrogen and oxygen atoms in total. The number of nitrogens with two attached hydrogens (primary N) is 1. The molecule has 1 unspecified atom stereocenters. The molecule has 0 aliphatic rings. The summed E-state index contributed by atoms with van der Waals surface area (Å²) >= 11 is 5.78. The Morgan fingerprint density at radius 2 is 2.37 bits per heavy atom. The first-order valence-electron chi connectivity index (χ1n) is 5.58. The summed E-state index contributed by atoms with van der Waals surface area (Å²) in [6.07, 6.45) is 0.583. The third kappa shape index (κ3) is 4.67. The zero-order valence-electron chi connectivity index (χ0n) is 10.1. The van der Waals surface area contributed by atoms with E-state index in [1.165, 1.54) is 12.1 Å². The van der Waals surface area contributed by atoms with Crippen LogP contribution in [-0.2, 0) is 4.79 Å². The number of carbonyl (C=O) groups excluding carboxylic acids is 1. The van der Waals surface area contributed by atoms with Gasteiger partial charge >= 0.3 is 0 Å². The van der Waals surface area contributed by atoms with Gasteiger partial charge in [-0.15, -0.1) is 0 Å². The number of nitrogens with one attached hydrogen (secondary N) is 1. The Kier molecular flexibility index (Phi) is 5.95. The van der Waals surface area contributed by atoms with E-state index in [-0.39, 0.29) is 10.8 Å². The molecule has 1 atom stereocenters. The quantitative estimate of drug-likeness (QED) is 0.306. The number of nitrogens with zero attached hydrogens (tertiary/aromatic N) is 3.